The Morgan fingerprint density at radius 2 is 1.82 bits per heavy atom. The van der Waals surface area contributed by atoms with Gasteiger partial charge in [-0.2, -0.15) is 0 Å². The van der Waals surface area contributed by atoms with Crippen molar-refractivity contribution in [1.82, 2.24) is 10.0 Å². The minimum Gasteiger partial charge on any atom is -0.493 e. The second-order valence-electron chi connectivity index (χ2n) is 9.12. The minimum absolute atomic E-state index is 0.0268. The van der Waals surface area contributed by atoms with E-state index in [1.807, 2.05) is 0 Å². The van der Waals surface area contributed by atoms with Gasteiger partial charge in [0.25, 0.3) is 11.5 Å². The summed E-state index contributed by atoms with van der Waals surface area (Å²) in [4.78, 5) is 25.1. The van der Waals surface area contributed by atoms with Crippen molar-refractivity contribution < 1.29 is 28.3 Å². The molecule has 1 heterocycles. The van der Waals surface area contributed by atoms with Gasteiger partial charge in [-0.15, -0.1) is 0 Å². The van der Waals surface area contributed by atoms with E-state index in [1.54, 1.807) is 36.4 Å². The standard InChI is InChI=1S/C24H32N2O7S/c1-24(23(29)25-30,34(2,31)32)13-15-26-14-3-4-21(22(26)28)18-7-11-20(12-8-18)33-16-17-5-9-19(27)10-6-17/h3-4,7-8,11-12,14,17,19,27,30H,5-6,9-10,13,15-16H2,1-2H3,(H,25,29)/t17?,19?,24-/m1/s1. The number of aromatic nitrogens is 1. The van der Waals surface area contributed by atoms with Crippen LogP contribution in [0.2, 0.25) is 0 Å². The van der Waals surface area contributed by atoms with E-state index in [1.165, 1.54) is 23.2 Å². The second kappa shape index (κ2) is 10.7. The second-order valence-corrected chi connectivity index (χ2v) is 11.6. The largest absolute Gasteiger partial charge is 0.493 e. The van der Waals surface area contributed by atoms with Crippen LogP contribution in [0.3, 0.4) is 0 Å². The first-order valence-electron chi connectivity index (χ1n) is 11.3. The molecule has 1 atom stereocenters. The van der Waals surface area contributed by atoms with Gasteiger partial charge in [0.05, 0.1) is 12.7 Å². The Morgan fingerprint density at radius 1 is 1.18 bits per heavy atom. The maximum atomic E-state index is 13.0. The molecule has 1 aliphatic carbocycles. The summed E-state index contributed by atoms with van der Waals surface area (Å²) in [6.07, 6.45) is 5.57. The number of aliphatic hydroxyl groups excluding tert-OH is 1. The Bertz CT molecular complexity index is 1150. The number of nitrogens with one attached hydrogen (secondary N) is 1. The van der Waals surface area contributed by atoms with E-state index in [0.717, 1.165) is 31.9 Å². The van der Waals surface area contributed by atoms with Crippen LogP contribution in [0, 0.1) is 5.92 Å². The van der Waals surface area contributed by atoms with Gasteiger partial charge in [-0.25, -0.2) is 13.9 Å². The van der Waals surface area contributed by atoms with Gasteiger partial charge in [0.2, 0.25) is 0 Å². The fourth-order valence-electron chi connectivity index (χ4n) is 4.11. The number of rotatable bonds is 9. The number of aliphatic hydroxyl groups is 1. The summed E-state index contributed by atoms with van der Waals surface area (Å²) in [7, 11) is -3.86. The summed E-state index contributed by atoms with van der Waals surface area (Å²) in [5.74, 6) is 0.0826. The lowest BCUT2D eigenvalue weighted by Gasteiger charge is -2.25. The first kappa shape index (κ1) is 25.9. The van der Waals surface area contributed by atoms with E-state index < -0.39 is 20.5 Å². The Kier molecular flexibility index (Phi) is 8.17. The average molecular weight is 493 g/mol. The molecule has 0 bridgehead atoms. The lowest BCUT2D eigenvalue weighted by atomic mass is 9.88. The number of aryl methyl sites for hydroxylation is 1. The fourth-order valence-corrected chi connectivity index (χ4v) is 4.95. The van der Waals surface area contributed by atoms with Crippen molar-refractivity contribution in [3.05, 3.63) is 52.9 Å². The molecule has 186 valence electrons. The topological polar surface area (TPSA) is 135 Å². The molecule has 3 rings (SSSR count). The molecule has 0 radical (unpaired) electrons. The lowest BCUT2D eigenvalue weighted by molar-refractivity contribution is -0.131. The molecule has 2 aromatic rings. The number of nitrogens with zero attached hydrogens (tertiary/aromatic N) is 1. The zero-order valence-corrected chi connectivity index (χ0v) is 20.3. The summed E-state index contributed by atoms with van der Waals surface area (Å²) in [5, 5.41) is 18.6. The number of pyridine rings is 1. The highest BCUT2D eigenvalue weighted by molar-refractivity contribution is 7.92. The van der Waals surface area contributed by atoms with E-state index in [0.29, 0.717) is 29.4 Å². The van der Waals surface area contributed by atoms with Crippen molar-refractivity contribution in [2.24, 2.45) is 5.92 Å². The highest BCUT2D eigenvalue weighted by Gasteiger charge is 2.43. The molecule has 10 heteroatoms. The molecule has 0 saturated heterocycles. The van der Waals surface area contributed by atoms with Crippen LogP contribution in [-0.4, -0.2) is 52.9 Å². The molecular weight excluding hydrogens is 460 g/mol. The summed E-state index contributed by atoms with van der Waals surface area (Å²) in [6.45, 7) is 1.78. The van der Waals surface area contributed by atoms with Crippen LogP contribution in [0.15, 0.2) is 47.4 Å². The van der Waals surface area contributed by atoms with Gasteiger partial charge in [0.1, 0.15) is 5.75 Å². The molecule has 3 N–H and O–H groups in total. The molecule has 0 aliphatic heterocycles. The van der Waals surface area contributed by atoms with E-state index in [-0.39, 0.29) is 24.6 Å². The van der Waals surface area contributed by atoms with Gasteiger partial charge in [-0.1, -0.05) is 12.1 Å². The van der Waals surface area contributed by atoms with Gasteiger partial charge >= 0.3 is 0 Å². The number of amides is 1. The highest BCUT2D eigenvalue weighted by atomic mass is 32.2. The van der Waals surface area contributed by atoms with Crippen molar-refractivity contribution in [2.75, 3.05) is 12.9 Å². The highest BCUT2D eigenvalue weighted by Crippen LogP contribution is 2.26. The van der Waals surface area contributed by atoms with Crippen molar-refractivity contribution in [3.63, 3.8) is 0 Å². The summed E-state index contributed by atoms with van der Waals surface area (Å²) in [5.41, 5.74) is 2.21. The predicted molar refractivity (Wildman–Crippen MR) is 127 cm³/mol. The summed E-state index contributed by atoms with van der Waals surface area (Å²) >= 11 is 0. The van der Waals surface area contributed by atoms with Crippen LogP contribution < -0.4 is 15.8 Å². The van der Waals surface area contributed by atoms with E-state index >= 15 is 0 Å². The van der Waals surface area contributed by atoms with E-state index in [2.05, 4.69) is 0 Å². The van der Waals surface area contributed by atoms with Crippen LogP contribution >= 0.6 is 0 Å². The van der Waals surface area contributed by atoms with Crippen LogP contribution in [0.5, 0.6) is 5.75 Å². The monoisotopic (exact) mass is 492 g/mol. The Balaban J connectivity index is 1.70. The number of carbonyl (C=O) groups is 1. The third-order valence-corrected chi connectivity index (χ3v) is 8.74. The van der Waals surface area contributed by atoms with Gasteiger partial charge < -0.3 is 14.4 Å². The molecule has 1 aromatic heterocycles. The molecule has 0 unspecified atom stereocenters. The SMILES string of the molecule is C[C@@](CCn1cccc(-c2ccc(OCC3CCC(O)CC3)cc2)c1=O)(C(=O)NO)S(C)(=O)=O. The number of hydrogen-bond acceptors (Lipinski definition) is 7. The molecule has 1 amide bonds. The van der Waals surface area contributed by atoms with Crippen LogP contribution in [0.25, 0.3) is 11.1 Å². The molecule has 9 nitrogen and oxygen atoms in total. The summed E-state index contributed by atoms with van der Waals surface area (Å²) in [6, 6.07) is 10.6. The lowest BCUT2D eigenvalue weighted by Crippen LogP contribution is -2.50. The maximum Gasteiger partial charge on any atom is 0.264 e. The minimum atomic E-state index is -3.86. The zero-order valence-electron chi connectivity index (χ0n) is 19.4. The van der Waals surface area contributed by atoms with Crippen LogP contribution in [0.1, 0.15) is 39.0 Å². The number of benzene rings is 1. The zero-order chi connectivity index (χ0) is 24.9. The molecule has 0 spiro atoms. The van der Waals surface area contributed by atoms with Crippen molar-refractivity contribution in [2.45, 2.75) is 56.4 Å². The van der Waals surface area contributed by atoms with E-state index in [4.69, 9.17) is 9.94 Å². The van der Waals surface area contributed by atoms with Gasteiger partial charge in [-0.05, 0) is 74.8 Å². The number of carbonyl (C=O) groups excluding carboxylic acids is 1. The smallest absolute Gasteiger partial charge is 0.264 e. The Labute approximate surface area is 199 Å². The van der Waals surface area contributed by atoms with Crippen molar-refractivity contribution in [3.8, 4) is 16.9 Å². The Morgan fingerprint density at radius 3 is 2.41 bits per heavy atom. The molecule has 1 aromatic carbocycles. The molecule has 1 fully saturated rings. The molecule has 1 aliphatic rings. The quantitative estimate of drug-likeness (QED) is 0.361. The van der Waals surface area contributed by atoms with Gasteiger partial charge in [-0.3, -0.25) is 14.8 Å². The third kappa shape index (κ3) is 5.86. The summed E-state index contributed by atoms with van der Waals surface area (Å²) < 4.78 is 29.7. The van der Waals surface area contributed by atoms with Gasteiger partial charge in [0.15, 0.2) is 14.6 Å². The first-order valence-corrected chi connectivity index (χ1v) is 13.2. The van der Waals surface area contributed by atoms with E-state index in [9.17, 15) is 23.1 Å². The van der Waals surface area contributed by atoms with Crippen LogP contribution in [-0.2, 0) is 21.2 Å². The fraction of sp³-hybridized carbons (Fsp3) is 0.500. The predicted octanol–water partition coefficient (Wildman–Crippen LogP) is 2.14. The number of hydrogen-bond donors (Lipinski definition) is 3. The normalized spacial score (nSPS) is 20.4. The average Bonchev–Trinajstić information content (AvgIpc) is 2.82. The maximum absolute atomic E-state index is 13.0. The third-order valence-electron chi connectivity index (χ3n) is 6.72. The molecule has 1 saturated carbocycles. The number of sulfone groups is 1. The molecular formula is C24H32N2O7S. The number of ether oxygens (including phenoxy) is 1. The van der Waals surface area contributed by atoms with Crippen molar-refractivity contribution >= 4 is 15.7 Å². The van der Waals surface area contributed by atoms with Crippen LogP contribution in [0.4, 0.5) is 0 Å². The molecule has 34 heavy (non-hydrogen) atoms. The van der Waals surface area contributed by atoms with Gasteiger partial charge in [0, 0.05) is 24.6 Å². The first-order chi connectivity index (χ1) is 16.0. The Hall–Kier alpha value is -2.69. The number of hydroxylamine groups is 1. The van der Waals surface area contributed by atoms with Crippen molar-refractivity contribution in [1.29, 1.82) is 0 Å².